The molecule has 1 aliphatic rings. The SMILES string of the molecule is O=C(COc1ccc(Cl)cc1Cl)N(CCCN1CCOCC1)c1nc2c(Cl)cccc2s1. The third-order valence-corrected chi connectivity index (χ3v) is 6.97. The molecule has 0 saturated carbocycles. The number of hydrogen-bond donors (Lipinski definition) is 0. The summed E-state index contributed by atoms with van der Waals surface area (Å²) in [5.74, 6) is 0.207. The van der Waals surface area contributed by atoms with E-state index < -0.39 is 0 Å². The lowest BCUT2D eigenvalue weighted by Crippen LogP contribution is -2.40. The monoisotopic (exact) mass is 513 g/mol. The van der Waals surface area contributed by atoms with E-state index >= 15 is 0 Å². The number of nitrogens with zero attached hydrogens (tertiary/aromatic N) is 3. The standard InChI is InChI=1S/C22H22Cl3N3O3S/c23-15-5-6-18(17(25)13-15)31-14-20(29)28(8-2-7-27-9-11-30-12-10-27)22-26-21-16(24)3-1-4-19(21)32-22/h1,3-6,13H,2,7-12,14H2. The first-order chi connectivity index (χ1) is 15.5. The highest BCUT2D eigenvalue weighted by molar-refractivity contribution is 7.22. The lowest BCUT2D eigenvalue weighted by molar-refractivity contribution is -0.120. The molecule has 1 fully saturated rings. The van der Waals surface area contributed by atoms with Crippen LogP contribution in [-0.4, -0.2) is 61.8 Å². The molecule has 3 aromatic rings. The van der Waals surface area contributed by atoms with Gasteiger partial charge in [0.1, 0.15) is 11.3 Å². The molecule has 0 unspecified atom stereocenters. The molecule has 10 heteroatoms. The van der Waals surface area contributed by atoms with E-state index in [1.165, 1.54) is 11.3 Å². The summed E-state index contributed by atoms with van der Waals surface area (Å²) >= 11 is 19.9. The Morgan fingerprint density at radius 3 is 2.72 bits per heavy atom. The highest BCUT2D eigenvalue weighted by atomic mass is 35.5. The third kappa shape index (κ3) is 5.84. The number of rotatable bonds is 8. The van der Waals surface area contributed by atoms with Crippen LogP contribution < -0.4 is 9.64 Å². The number of morpholine rings is 1. The smallest absolute Gasteiger partial charge is 0.266 e. The first-order valence-corrected chi connectivity index (χ1v) is 12.2. The summed E-state index contributed by atoms with van der Waals surface area (Å²) in [4.78, 5) is 21.8. The van der Waals surface area contributed by atoms with Crippen molar-refractivity contribution < 1.29 is 14.3 Å². The van der Waals surface area contributed by atoms with Gasteiger partial charge in [0.2, 0.25) is 0 Å². The Hall–Kier alpha value is -1.61. The number of halogens is 3. The van der Waals surface area contributed by atoms with Crippen molar-refractivity contribution in [1.82, 2.24) is 9.88 Å². The number of hydrogen-bond acceptors (Lipinski definition) is 6. The predicted molar refractivity (Wildman–Crippen MR) is 131 cm³/mol. The predicted octanol–water partition coefficient (Wildman–Crippen LogP) is 5.39. The van der Waals surface area contributed by atoms with Gasteiger partial charge in [0.05, 0.1) is 28.0 Å². The number of fused-ring (bicyclic) bond motifs is 1. The number of aromatic nitrogens is 1. The average molecular weight is 515 g/mol. The van der Waals surface area contributed by atoms with E-state index in [0.29, 0.717) is 38.0 Å². The fourth-order valence-corrected chi connectivity index (χ4v) is 5.20. The van der Waals surface area contributed by atoms with Crippen LogP contribution in [0.4, 0.5) is 5.13 Å². The van der Waals surface area contributed by atoms with Crippen LogP contribution in [0, 0.1) is 0 Å². The van der Waals surface area contributed by atoms with Gasteiger partial charge in [-0.3, -0.25) is 14.6 Å². The van der Waals surface area contributed by atoms with Gasteiger partial charge < -0.3 is 9.47 Å². The molecule has 6 nitrogen and oxygen atoms in total. The van der Waals surface area contributed by atoms with Crippen LogP contribution in [0.25, 0.3) is 10.2 Å². The van der Waals surface area contributed by atoms with Crippen molar-refractivity contribution in [2.45, 2.75) is 6.42 Å². The zero-order valence-electron chi connectivity index (χ0n) is 17.2. The molecule has 1 amide bonds. The second-order valence-corrected chi connectivity index (χ2v) is 9.56. The van der Waals surface area contributed by atoms with Gasteiger partial charge in [0, 0.05) is 31.2 Å². The van der Waals surface area contributed by atoms with Crippen LogP contribution in [0.2, 0.25) is 15.1 Å². The van der Waals surface area contributed by atoms with Crippen molar-refractivity contribution in [3.05, 3.63) is 51.5 Å². The van der Waals surface area contributed by atoms with Crippen LogP contribution in [0.1, 0.15) is 6.42 Å². The van der Waals surface area contributed by atoms with Crippen molar-refractivity contribution in [3.8, 4) is 5.75 Å². The molecule has 170 valence electrons. The minimum atomic E-state index is -0.201. The van der Waals surface area contributed by atoms with Crippen molar-refractivity contribution >= 4 is 67.4 Å². The molecule has 4 rings (SSSR count). The minimum Gasteiger partial charge on any atom is -0.482 e. The maximum Gasteiger partial charge on any atom is 0.266 e. The van der Waals surface area contributed by atoms with E-state index in [2.05, 4.69) is 9.88 Å². The van der Waals surface area contributed by atoms with Gasteiger partial charge in [-0.05, 0) is 36.8 Å². The van der Waals surface area contributed by atoms with Crippen LogP contribution in [0.15, 0.2) is 36.4 Å². The quantitative estimate of drug-likeness (QED) is 0.403. The number of carbonyl (C=O) groups is 1. The molecule has 1 saturated heterocycles. The molecule has 0 aliphatic carbocycles. The van der Waals surface area contributed by atoms with E-state index in [1.807, 2.05) is 12.1 Å². The highest BCUT2D eigenvalue weighted by Gasteiger charge is 2.22. The number of thiazole rings is 1. The van der Waals surface area contributed by atoms with Crippen LogP contribution in [0.5, 0.6) is 5.75 Å². The maximum absolute atomic E-state index is 13.2. The molecule has 0 atom stereocenters. The molecule has 2 heterocycles. The minimum absolute atomic E-state index is 0.164. The molecule has 1 aliphatic heterocycles. The van der Waals surface area contributed by atoms with Gasteiger partial charge in [-0.15, -0.1) is 0 Å². The van der Waals surface area contributed by atoms with Crippen LogP contribution in [-0.2, 0) is 9.53 Å². The maximum atomic E-state index is 13.2. The molecular weight excluding hydrogens is 493 g/mol. The summed E-state index contributed by atoms with van der Waals surface area (Å²) in [5, 5.41) is 2.03. The molecule has 0 N–H and O–H groups in total. The van der Waals surface area contributed by atoms with Gasteiger partial charge >= 0.3 is 0 Å². The van der Waals surface area contributed by atoms with E-state index in [0.717, 1.165) is 44.0 Å². The summed E-state index contributed by atoms with van der Waals surface area (Å²) in [6.45, 7) is 4.53. The van der Waals surface area contributed by atoms with E-state index in [1.54, 1.807) is 29.2 Å². The van der Waals surface area contributed by atoms with Crippen molar-refractivity contribution in [1.29, 1.82) is 0 Å². The summed E-state index contributed by atoms with van der Waals surface area (Å²) in [6.07, 6.45) is 0.803. The Labute approximate surface area is 205 Å². The Kier molecular flexibility index (Phi) is 8.10. The Bertz CT molecular complexity index is 1090. The summed E-state index contributed by atoms with van der Waals surface area (Å²) in [6, 6.07) is 10.5. The lowest BCUT2D eigenvalue weighted by Gasteiger charge is -2.27. The van der Waals surface area contributed by atoms with E-state index in [4.69, 9.17) is 44.3 Å². The number of ether oxygens (including phenoxy) is 2. The van der Waals surface area contributed by atoms with E-state index in [-0.39, 0.29) is 12.5 Å². The Morgan fingerprint density at radius 2 is 1.97 bits per heavy atom. The topological polar surface area (TPSA) is 54.9 Å². The zero-order chi connectivity index (χ0) is 22.5. The van der Waals surface area contributed by atoms with Crippen LogP contribution >= 0.6 is 46.1 Å². The van der Waals surface area contributed by atoms with Gasteiger partial charge in [-0.1, -0.05) is 52.2 Å². The number of para-hydroxylation sites is 1. The first kappa shape index (κ1) is 23.5. The normalized spacial score (nSPS) is 14.6. The van der Waals surface area contributed by atoms with Crippen molar-refractivity contribution in [3.63, 3.8) is 0 Å². The third-order valence-electron chi connectivity index (χ3n) is 5.10. The van der Waals surface area contributed by atoms with E-state index in [9.17, 15) is 4.79 Å². The molecule has 0 radical (unpaired) electrons. The number of amides is 1. The Balaban J connectivity index is 1.48. The molecule has 1 aromatic heterocycles. The molecule has 2 aromatic carbocycles. The van der Waals surface area contributed by atoms with Gasteiger partial charge in [0.25, 0.3) is 5.91 Å². The molecular formula is C22H22Cl3N3O3S. The number of carbonyl (C=O) groups excluding carboxylic acids is 1. The fourth-order valence-electron chi connectivity index (χ4n) is 3.43. The second-order valence-electron chi connectivity index (χ2n) is 7.30. The second kappa shape index (κ2) is 11.0. The van der Waals surface area contributed by atoms with Crippen molar-refractivity contribution in [2.24, 2.45) is 0 Å². The van der Waals surface area contributed by atoms with Gasteiger partial charge in [-0.2, -0.15) is 0 Å². The summed E-state index contributed by atoms with van der Waals surface area (Å²) in [5.41, 5.74) is 0.696. The van der Waals surface area contributed by atoms with Crippen LogP contribution in [0.3, 0.4) is 0 Å². The fraction of sp³-hybridized carbons (Fsp3) is 0.364. The molecule has 32 heavy (non-hydrogen) atoms. The molecule has 0 spiro atoms. The van der Waals surface area contributed by atoms with Crippen molar-refractivity contribution in [2.75, 3.05) is 50.9 Å². The first-order valence-electron chi connectivity index (χ1n) is 10.2. The lowest BCUT2D eigenvalue weighted by atomic mass is 10.3. The van der Waals surface area contributed by atoms with Gasteiger partial charge in [-0.25, -0.2) is 4.98 Å². The summed E-state index contributed by atoms with van der Waals surface area (Å²) in [7, 11) is 0. The average Bonchev–Trinajstić information content (AvgIpc) is 3.22. The highest BCUT2D eigenvalue weighted by Crippen LogP contribution is 2.33. The number of anilines is 1. The summed E-state index contributed by atoms with van der Waals surface area (Å²) < 4.78 is 12.0. The zero-order valence-corrected chi connectivity index (χ0v) is 20.3. The Morgan fingerprint density at radius 1 is 1.16 bits per heavy atom. The molecule has 0 bridgehead atoms. The van der Waals surface area contributed by atoms with Gasteiger partial charge in [0.15, 0.2) is 11.7 Å². The number of benzene rings is 2. The largest absolute Gasteiger partial charge is 0.482 e.